The molecule has 2 nitrogen and oxygen atoms in total. The summed E-state index contributed by atoms with van der Waals surface area (Å²) in [4.78, 5) is 0. The fourth-order valence-corrected chi connectivity index (χ4v) is 6.40. The molecule has 0 radical (unpaired) electrons. The SMILES string of the molecule is CC12CC3CC(C1)CC(C(NN)C1CC1)(C3)C2. The summed E-state index contributed by atoms with van der Waals surface area (Å²) in [5.74, 6) is 8.88. The Kier molecular flexibility index (Phi) is 2.08. The van der Waals surface area contributed by atoms with Crippen molar-refractivity contribution in [3.05, 3.63) is 0 Å². The Bertz CT molecular complexity index is 320. The zero-order chi connectivity index (χ0) is 11.7. The van der Waals surface area contributed by atoms with Crippen LogP contribution < -0.4 is 11.3 Å². The third-order valence-corrected chi connectivity index (χ3v) is 6.33. The maximum atomic E-state index is 5.93. The van der Waals surface area contributed by atoms with Crippen LogP contribution in [-0.4, -0.2) is 6.04 Å². The Hall–Kier alpha value is -0.0800. The molecule has 96 valence electrons. The van der Waals surface area contributed by atoms with Gasteiger partial charge < -0.3 is 0 Å². The molecular formula is C15H26N2. The van der Waals surface area contributed by atoms with Crippen LogP contribution in [-0.2, 0) is 0 Å². The molecule has 17 heavy (non-hydrogen) atoms. The highest BCUT2D eigenvalue weighted by molar-refractivity contribution is 5.12. The van der Waals surface area contributed by atoms with E-state index >= 15 is 0 Å². The van der Waals surface area contributed by atoms with E-state index in [1.807, 2.05) is 0 Å². The highest BCUT2D eigenvalue weighted by Crippen LogP contribution is 2.67. The molecule has 3 unspecified atom stereocenters. The van der Waals surface area contributed by atoms with E-state index in [1.165, 1.54) is 51.4 Å². The first-order valence-corrected chi connectivity index (χ1v) is 7.59. The fourth-order valence-electron chi connectivity index (χ4n) is 6.40. The first-order chi connectivity index (χ1) is 8.12. The number of rotatable bonds is 3. The highest BCUT2D eigenvalue weighted by Gasteiger charge is 2.60. The van der Waals surface area contributed by atoms with E-state index in [1.54, 1.807) is 0 Å². The molecule has 5 fully saturated rings. The van der Waals surface area contributed by atoms with Crippen LogP contribution >= 0.6 is 0 Å². The fraction of sp³-hybridized carbons (Fsp3) is 1.00. The summed E-state index contributed by atoms with van der Waals surface area (Å²) < 4.78 is 0. The van der Waals surface area contributed by atoms with Crippen LogP contribution in [0, 0.1) is 28.6 Å². The molecular weight excluding hydrogens is 208 g/mol. The smallest absolute Gasteiger partial charge is 0.0295 e. The normalized spacial score (nSPS) is 54.0. The second-order valence-corrected chi connectivity index (χ2v) is 8.12. The summed E-state index contributed by atoms with van der Waals surface area (Å²) in [5.41, 5.74) is 4.48. The number of nitrogens with one attached hydrogen (secondary N) is 1. The van der Waals surface area contributed by atoms with Crippen molar-refractivity contribution >= 4 is 0 Å². The molecule has 5 rings (SSSR count). The lowest BCUT2D eigenvalue weighted by molar-refractivity contribution is -0.121. The second kappa shape index (κ2) is 3.27. The molecule has 0 aliphatic heterocycles. The van der Waals surface area contributed by atoms with E-state index in [9.17, 15) is 0 Å². The van der Waals surface area contributed by atoms with Gasteiger partial charge in [-0.05, 0) is 80.0 Å². The van der Waals surface area contributed by atoms with Gasteiger partial charge in [-0.2, -0.15) is 0 Å². The Labute approximate surface area is 105 Å². The zero-order valence-corrected chi connectivity index (χ0v) is 11.0. The van der Waals surface area contributed by atoms with Crippen molar-refractivity contribution in [3.63, 3.8) is 0 Å². The zero-order valence-electron chi connectivity index (χ0n) is 11.0. The van der Waals surface area contributed by atoms with Gasteiger partial charge in [0.2, 0.25) is 0 Å². The van der Waals surface area contributed by atoms with E-state index in [-0.39, 0.29) is 0 Å². The predicted molar refractivity (Wildman–Crippen MR) is 69.1 cm³/mol. The van der Waals surface area contributed by atoms with Crippen LogP contribution in [0.1, 0.15) is 58.3 Å². The first-order valence-electron chi connectivity index (χ1n) is 7.59. The largest absolute Gasteiger partial charge is 0.271 e. The van der Waals surface area contributed by atoms with Gasteiger partial charge >= 0.3 is 0 Å². The van der Waals surface area contributed by atoms with E-state index in [4.69, 9.17) is 5.84 Å². The molecule has 3 N–H and O–H groups in total. The average Bonchev–Trinajstić information content (AvgIpc) is 2.98. The summed E-state index contributed by atoms with van der Waals surface area (Å²) in [7, 11) is 0. The minimum absolute atomic E-state index is 0.578. The van der Waals surface area contributed by atoms with Crippen molar-refractivity contribution < 1.29 is 0 Å². The molecule has 0 aromatic heterocycles. The van der Waals surface area contributed by atoms with Crippen molar-refractivity contribution in [1.82, 2.24) is 5.43 Å². The van der Waals surface area contributed by atoms with Gasteiger partial charge in [0.05, 0.1) is 0 Å². The maximum Gasteiger partial charge on any atom is 0.0295 e. The van der Waals surface area contributed by atoms with Gasteiger partial charge in [0, 0.05) is 6.04 Å². The van der Waals surface area contributed by atoms with E-state index < -0.39 is 0 Å². The van der Waals surface area contributed by atoms with Crippen molar-refractivity contribution in [2.75, 3.05) is 0 Å². The number of hydrazine groups is 1. The van der Waals surface area contributed by atoms with Gasteiger partial charge in [0.1, 0.15) is 0 Å². The summed E-state index contributed by atoms with van der Waals surface area (Å²) in [5, 5.41) is 0. The summed E-state index contributed by atoms with van der Waals surface area (Å²) in [6, 6.07) is 0.632. The topological polar surface area (TPSA) is 38.0 Å². The lowest BCUT2D eigenvalue weighted by atomic mass is 9.43. The third kappa shape index (κ3) is 1.53. The Morgan fingerprint density at radius 2 is 1.76 bits per heavy atom. The van der Waals surface area contributed by atoms with Gasteiger partial charge in [0.25, 0.3) is 0 Å². The van der Waals surface area contributed by atoms with Crippen molar-refractivity contribution in [2.45, 2.75) is 64.3 Å². The number of hydrogen-bond acceptors (Lipinski definition) is 2. The van der Waals surface area contributed by atoms with Crippen molar-refractivity contribution in [2.24, 2.45) is 34.4 Å². The molecule has 0 aromatic rings. The van der Waals surface area contributed by atoms with Crippen LogP contribution in [0.5, 0.6) is 0 Å². The maximum absolute atomic E-state index is 5.93. The minimum Gasteiger partial charge on any atom is -0.271 e. The third-order valence-electron chi connectivity index (χ3n) is 6.33. The molecule has 3 atom stereocenters. The molecule has 4 bridgehead atoms. The molecule has 0 amide bonds. The lowest BCUT2D eigenvalue weighted by Gasteiger charge is -2.63. The number of hydrogen-bond donors (Lipinski definition) is 2. The standard InChI is InChI=1S/C15H26N2/c1-14-5-10-4-11(6-14)8-15(7-10,9-14)13(17-16)12-2-3-12/h10-13,17H,2-9,16H2,1H3. The quantitative estimate of drug-likeness (QED) is 0.582. The Balaban J connectivity index is 1.68. The van der Waals surface area contributed by atoms with E-state index in [2.05, 4.69) is 12.3 Å². The number of nitrogens with two attached hydrogens (primary N) is 1. The van der Waals surface area contributed by atoms with Crippen molar-refractivity contribution in [1.29, 1.82) is 0 Å². The lowest BCUT2D eigenvalue weighted by Crippen LogP contribution is -2.60. The second-order valence-electron chi connectivity index (χ2n) is 8.12. The van der Waals surface area contributed by atoms with Crippen LogP contribution in [0.4, 0.5) is 0 Å². The minimum atomic E-state index is 0.578. The molecule has 2 heteroatoms. The molecule has 5 saturated carbocycles. The Morgan fingerprint density at radius 1 is 1.12 bits per heavy atom. The molecule has 0 aromatic carbocycles. The monoisotopic (exact) mass is 234 g/mol. The van der Waals surface area contributed by atoms with Crippen LogP contribution in [0.25, 0.3) is 0 Å². The molecule has 5 aliphatic carbocycles. The van der Waals surface area contributed by atoms with E-state index in [0.29, 0.717) is 16.9 Å². The summed E-state index contributed by atoms with van der Waals surface area (Å²) >= 11 is 0. The Morgan fingerprint density at radius 3 is 2.24 bits per heavy atom. The van der Waals surface area contributed by atoms with Gasteiger partial charge in [0.15, 0.2) is 0 Å². The van der Waals surface area contributed by atoms with Gasteiger partial charge in [-0.3, -0.25) is 11.3 Å². The molecule has 0 spiro atoms. The van der Waals surface area contributed by atoms with Gasteiger partial charge in [-0.25, -0.2) is 0 Å². The van der Waals surface area contributed by atoms with E-state index in [0.717, 1.165) is 17.8 Å². The summed E-state index contributed by atoms with van der Waals surface area (Å²) in [6.45, 7) is 2.56. The van der Waals surface area contributed by atoms with Crippen LogP contribution in [0.2, 0.25) is 0 Å². The van der Waals surface area contributed by atoms with Crippen LogP contribution in [0.15, 0.2) is 0 Å². The van der Waals surface area contributed by atoms with Crippen LogP contribution in [0.3, 0.4) is 0 Å². The first kappa shape index (κ1) is 10.8. The summed E-state index contributed by atoms with van der Waals surface area (Å²) in [6.07, 6.45) is 11.8. The predicted octanol–water partition coefficient (Wildman–Crippen LogP) is 2.83. The van der Waals surface area contributed by atoms with Gasteiger partial charge in [-0.1, -0.05) is 6.92 Å². The molecule has 0 saturated heterocycles. The molecule has 5 aliphatic rings. The highest BCUT2D eigenvalue weighted by atomic mass is 15.2. The molecule has 0 heterocycles. The van der Waals surface area contributed by atoms with Gasteiger partial charge in [-0.15, -0.1) is 0 Å². The van der Waals surface area contributed by atoms with Crippen molar-refractivity contribution in [3.8, 4) is 0 Å². The average molecular weight is 234 g/mol.